The largest absolute Gasteiger partial charge is 0.454 e. The lowest BCUT2D eigenvalue weighted by Gasteiger charge is -2.27. The van der Waals surface area contributed by atoms with Crippen LogP contribution in [0.15, 0.2) is 42.5 Å². The molecule has 2 heterocycles. The molecule has 2 aromatic rings. The molecule has 2 aliphatic heterocycles. The van der Waals surface area contributed by atoms with Crippen LogP contribution in [0.2, 0.25) is 0 Å². The summed E-state index contributed by atoms with van der Waals surface area (Å²) < 4.78 is 49.0. The van der Waals surface area contributed by atoms with Gasteiger partial charge in [-0.15, -0.1) is 0 Å². The predicted octanol–water partition coefficient (Wildman–Crippen LogP) is 3.73. The minimum atomic E-state index is -4.33. The predicted molar refractivity (Wildman–Crippen MR) is 122 cm³/mol. The van der Waals surface area contributed by atoms with E-state index >= 15 is 0 Å². The number of amides is 1. The van der Waals surface area contributed by atoms with E-state index < -0.39 is 11.7 Å². The second kappa shape index (κ2) is 10.2. The quantitative estimate of drug-likeness (QED) is 0.607. The van der Waals surface area contributed by atoms with E-state index in [9.17, 15) is 18.0 Å². The Morgan fingerprint density at radius 3 is 2.50 bits per heavy atom. The Balaban J connectivity index is 1.27. The highest BCUT2D eigenvalue weighted by Gasteiger charge is 2.37. The molecule has 1 amide bonds. The SMILES string of the molecule is CC(C)N1C[C@H](NCc2ccc(C(F)(F)F)cc2)C[C@H]1C(=O)NCCc1ccc2c(c1)OCO2. The number of fused-ring (bicyclic) bond motifs is 1. The van der Waals surface area contributed by atoms with Crippen LogP contribution in [0.3, 0.4) is 0 Å². The van der Waals surface area contributed by atoms with Crippen molar-refractivity contribution in [2.45, 2.75) is 57.5 Å². The molecular weight excluding hydrogens is 447 g/mol. The Hall–Kier alpha value is -2.78. The van der Waals surface area contributed by atoms with Gasteiger partial charge in [-0.25, -0.2) is 0 Å². The van der Waals surface area contributed by atoms with Crippen molar-refractivity contribution in [2.24, 2.45) is 0 Å². The zero-order valence-corrected chi connectivity index (χ0v) is 19.3. The third-order valence-corrected chi connectivity index (χ3v) is 6.33. The monoisotopic (exact) mass is 477 g/mol. The van der Waals surface area contributed by atoms with E-state index in [1.165, 1.54) is 12.1 Å². The highest BCUT2D eigenvalue weighted by molar-refractivity contribution is 5.82. The summed E-state index contributed by atoms with van der Waals surface area (Å²) in [7, 11) is 0. The van der Waals surface area contributed by atoms with Crippen molar-refractivity contribution in [1.29, 1.82) is 0 Å². The first-order chi connectivity index (χ1) is 16.2. The van der Waals surface area contributed by atoms with Gasteiger partial charge in [0.2, 0.25) is 12.7 Å². The van der Waals surface area contributed by atoms with Crippen LogP contribution in [0.5, 0.6) is 11.5 Å². The molecule has 0 radical (unpaired) electrons. The van der Waals surface area contributed by atoms with Crippen molar-refractivity contribution < 1.29 is 27.4 Å². The number of likely N-dealkylation sites (tertiary alicyclic amines) is 1. The molecule has 0 aliphatic carbocycles. The molecular formula is C25H30F3N3O3. The van der Waals surface area contributed by atoms with Crippen LogP contribution in [0.4, 0.5) is 13.2 Å². The Bertz CT molecular complexity index is 995. The number of halogens is 3. The average molecular weight is 478 g/mol. The first-order valence-corrected chi connectivity index (χ1v) is 11.5. The summed E-state index contributed by atoms with van der Waals surface area (Å²) in [5.41, 5.74) is 1.19. The summed E-state index contributed by atoms with van der Waals surface area (Å²) in [6, 6.07) is 11.0. The molecule has 34 heavy (non-hydrogen) atoms. The standard InChI is InChI=1S/C25H30F3N3O3/c1-16(2)31-14-20(30-13-18-3-6-19(7-4-18)25(26,27)28)12-21(31)24(32)29-10-9-17-5-8-22-23(11-17)34-15-33-22/h3-8,11,16,20-21,30H,9-10,12-15H2,1-2H3,(H,29,32)/t20-,21+/m1/s1. The molecule has 0 saturated carbocycles. The van der Waals surface area contributed by atoms with Gasteiger partial charge in [-0.05, 0) is 62.1 Å². The second-order valence-corrected chi connectivity index (χ2v) is 9.04. The molecule has 4 rings (SSSR count). The van der Waals surface area contributed by atoms with Crippen molar-refractivity contribution in [3.63, 3.8) is 0 Å². The number of hydrogen-bond donors (Lipinski definition) is 2. The van der Waals surface area contributed by atoms with Gasteiger partial charge in [0.25, 0.3) is 0 Å². The van der Waals surface area contributed by atoms with E-state index in [0.717, 1.165) is 34.8 Å². The molecule has 0 unspecified atom stereocenters. The number of rotatable bonds is 8. The Morgan fingerprint density at radius 1 is 1.09 bits per heavy atom. The van der Waals surface area contributed by atoms with Crippen LogP contribution in [-0.2, 0) is 23.9 Å². The van der Waals surface area contributed by atoms with Gasteiger partial charge in [0, 0.05) is 31.7 Å². The molecule has 6 nitrogen and oxygen atoms in total. The number of ether oxygens (including phenoxy) is 2. The highest BCUT2D eigenvalue weighted by Crippen LogP contribution is 2.32. The fourth-order valence-electron chi connectivity index (χ4n) is 4.46. The molecule has 1 fully saturated rings. The normalized spacial score (nSPS) is 20.2. The number of alkyl halides is 3. The first-order valence-electron chi connectivity index (χ1n) is 11.5. The minimum Gasteiger partial charge on any atom is -0.454 e. The molecule has 2 atom stereocenters. The molecule has 0 spiro atoms. The molecule has 2 aromatic carbocycles. The number of carbonyl (C=O) groups excluding carboxylic acids is 1. The lowest BCUT2D eigenvalue weighted by Crippen LogP contribution is -2.46. The van der Waals surface area contributed by atoms with Gasteiger partial charge in [-0.2, -0.15) is 13.2 Å². The molecule has 184 valence electrons. The van der Waals surface area contributed by atoms with Gasteiger partial charge in [0.15, 0.2) is 11.5 Å². The molecule has 0 aromatic heterocycles. The van der Waals surface area contributed by atoms with Crippen LogP contribution in [-0.4, -0.2) is 48.8 Å². The fourth-order valence-corrected chi connectivity index (χ4v) is 4.46. The molecule has 2 aliphatic rings. The maximum atomic E-state index is 13.0. The highest BCUT2D eigenvalue weighted by atomic mass is 19.4. The molecule has 2 N–H and O–H groups in total. The summed E-state index contributed by atoms with van der Waals surface area (Å²) in [5.74, 6) is 1.46. The number of benzene rings is 2. The molecule has 1 saturated heterocycles. The Morgan fingerprint density at radius 2 is 1.79 bits per heavy atom. The topological polar surface area (TPSA) is 62.8 Å². The Kier molecular flexibility index (Phi) is 7.33. The van der Waals surface area contributed by atoms with E-state index in [0.29, 0.717) is 32.5 Å². The Labute approximate surface area is 197 Å². The zero-order valence-electron chi connectivity index (χ0n) is 19.3. The molecule has 0 bridgehead atoms. The van der Waals surface area contributed by atoms with Crippen molar-refractivity contribution >= 4 is 5.91 Å². The van der Waals surface area contributed by atoms with Gasteiger partial charge in [0.1, 0.15) is 0 Å². The lowest BCUT2D eigenvalue weighted by molar-refractivity contribution is -0.137. The van der Waals surface area contributed by atoms with E-state index in [4.69, 9.17) is 9.47 Å². The van der Waals surface area contributed by atoms with Gasteiger partial charge in [-0.1, -0.05) is 18.2 Å². The number of hydrogen-bond acceptors (Lipinski definition) is 5. The number of carbonyl (C=O) groups is 1. The van der Waals surface area contributed by atoms with E-state index in [-0.39, 0.29) is 30.8 Å². The van der Waals surface area contributed by atoms with Gasteiger partial charge >= 0.3 is 6.18 Å². The second-order valence-electron chi connectivity index (χ2n) is 9.04. The van der Waals surface area contributed by atoms with Crippen molar-refractivity contribution in [1.82, 2.24) is 15.5 Å². The maximum absolute atomic E-state index is 13.0. The fraction of sp³-hybridized carbons (Fsp3) is 0.480. The minimum absolute atomic E-state index is 0.00623. The third-order valence-electron chi connectivity index (χ3n) is 6.33. The van der Waals surface area contributed by atoms with Gasteiger partial charge in [-0.3, -0.25) is 9.69 Å². The zero-order chi connectivity index (χ0) is 24.3. The summed E-state index contributed by atoms with van der Waals surface area (Å²) in [4.78, 5) is 15.1. The van der Waals surface area contributed by atoms with Gasteiger partial charge in [0.05, 0.1) is 11.6 Å². The average Bonchev–Trinajstić information content (AvgIpc) is 3.44. The maximum Gasteiger partial charge on any atom is 0.416 e. The van der Waals surface area contributed by atoms with Crippen molar-refractivity contribution in [2.75, 3.05) is 19.9 Å². The summed E-state index contributed by atoms with van der Waals surface area (Å²) in [6.07, 6.45) is -3.00. The van der Waals surface area contributed by atoms with E-state index in [1.54, 1.807) is 0 Å². The van der Waals surface area contributed by atoms with Gasteiger partial charge < -0.3 is 20.1 Å². The van der Waals surface area contributed by atoms with Crippen LogP contribution in [0, 0.1) is 0 Å². The number of nitrogens with zero attached hydrogens (tertiary/aromatic N) is 1. The van der Waals surface area contributed by atoms with Crippen LogP contribution in [0.1, 0.15) is 37.0 Å². The van der Waals surface area contributed by atoms with Crippen molar-refractivity contribution in [3.05, 3.63) is 59.2 Å². The lowest BCUT2D eigenvalue weighted by atomic mass is 10.1. The third kappa shape index (κ3) is 5.82. The summed E-state index contributed by atoms with van der Waals surface area (Å²) >= 11 is 0. The van der Waals surface area contributed by atoms with E-state index in [2.05, 4.69) is 29.4 Å². The van der Waals surface area contributed by atoms with Crippen molar-refractivity contribution in [3.8, 4) is 11.5 Å². The van der Waals surface area contributed by atoms with Crippen LogP contribution < -0.4 is 20.1 Å². The smallest absolute Gasteiger partial charge is 0.416 e. The summed E-state index contributed by atoms with van der Waals surface area (Å²) in [5, 5.41) is 6.46. The van der Waals surface area contributed by atoms with Crippen LogP contribution in [0.25, 0.3) is 0 Å². The summed E-state index contributed by atoms with van der Waals surface area (Å²) in [6.45, 7) is 6.03. The first kappa shape index (κ1) is 24.3. The van der Waals surface area contributed by atoms with E-state index in [1.807, 2.05) is 18.2 Å². The van der Waals surface area contributed by atoms with Crippen LogP contribution >= 0.6 is 0 Å². The number of nitrogens with one attached hydrogen (secondary N) is 2. The molecule has 9 heteroatoms.